The lowest BCUT2D eigenvalue weighted by Crippen LogP contribution is -2.45. The van der Waals surface area contributed by atoms with Crippen molar-refractivity contribution in [3.05, 3.63) is 35.5 Å². The Morgan fingerprint density at radius 3 is 2.62 bits per heavy atom. The third-order valence-corrected chi connectivity index (χ3v) is 9.31. The van der Waals surface area contributed by atoms with Gasteiger partial charge < -0.3 is 10.2 Å². The second-order valence-electron chi connectivity index (χ2n) is 11.8. The van der Waals surface area contributed by atoms with Crippen LogP contribution in [-0.2, 0) is 0 Å². The number of fused-ring (bicyclic) bond motifs is 5. The zero-order valence-corrected chi connectivity index (χ0v) is 19.2. The Morgan fingerprint density at radius 2 is 1.90 bits per heavy atom. The van der Waals surface area contributed by atoms with E-state index in [2.05, 4.69) is 39.0 Å². The standard InChI is InChI=1S/C27H42O2/c1-18(7-6-14-25(2,3)29)22-10-11-23-21-9-8-19-17-20(28)12-15-26(19,4)24(21)13-16-27(22,23)5/h8-9,12,15,18,20,22-24,28-29H,6-7,10-11,13-14,16-17H2,1-5H3/t18-,20-,22-,23-,24+,26+,27-/m1/s1. The van der Waals surface area contributed by atoms with E-state index in [1.165, 1.54) is 37.7 Å². The molecule has 2 fully saturated rings. The van der Waals surface area contributed by atoms with Gasteiger partial charge in [-0.05, 0) is 81.5 Å². The number of rotatable bonds is 5. The van der Waals surface area contributed by atoms with Gasteiger partial charge in [0.15, 0.2) is 0 Å². The van der Waals surface area contributed by atoms with Crippen molar-refractivity contribution in [3.8, 4) is 0 Å². The Labute approximate surface area is 178 Å². The molecule has 2 N–H and O–H groups in total. The quantitative estimate of drug-likeness (QED) is 0.541. The van der Waals surface area contributed by atoms with E-state index in [1.54, 1.807) is 5.57 Å². The molecule has 2 nitrogen and oxygen atoms in total. The molecule has 0 aromatic carbocycles. The van der Waals surface area contributed by atoms with Crippen LogP contribution in [0.25, 0.3) is 0 Å². The molecular weight excluding hydrogens is 356 g/mol. The van der Waals surface area contributed by atoms with Gasteiger partial charge in [-0.3, -0.25) is 0 Å². The number of hydrogen-bond acceptors (Lipinski definition) is 2. The van der Waals surface area contributed by atoms with Crippen molar-refractivity contribution in [2.75, 3.05) is 0 Å². The molecule has 7 atom stereocenters. The summed E-state index contributed by atoms with van der Waals surface area (Å²) in [6.45, 7) is 11.3. The van der Waals surface area contributed by atoms with Crippen LogP contribution in [0.3, 0.4) is 0 Å². The first-order valence-electron chi connectivity index (χ1n) is 12.1. The molecule has 0 unspecified atom stereocenters. The number of aliphatic hydroxyl groups is 2. The Bertz CT molecular complexity index is 723. The third kappa shape index (κ3) is 3.69. The molecule has 0 bridgehead atoms. The summed E-state index contributed by atoms with van der Waals surface area (Å²) in [5.74, 6) is 2.88. The topological polar surface area (TPSA) is 40.5 Å². The summed E-state index contributed by atoms with van der Waals surface area (Å²) in [7, 11) is 0. The molecule has 29 heavy (non-hydrogen) atoms. The molecule has 0 radical (unpaired) electrons. The Morgan fingerprint density at radius 1 is 1.14 bits per heavy atom. The van der Waals surface area contributed by atoms with E-state index in [0.717, 1.165) is 37.0 Å². The summed E-state index contributed by atoms with van der Waals surface area (Å²) in [6, 6.07) is 0. The largest absolute Gasteiger partial charge is 0.390 e. The van der Waals surface area contributed by atoms with Gasteiger partial charge in [-0.1, -0.05) is 69.1 Å². The number of allylic oxidation sites excluding steroid dienone is 4. The predicted octanol–water partition coefficient (Wildman–Crippen LogP) is 6.20. The van der Waals surface area contributed by atoms with Crippen LogP contribution < -0.4 is 0 Å². The van der Waals surface area contributed by atoms with E-state index >= 15 is 0 Å². The minimum Gasteiger partial charge on any atom is -0.390 e. The lowest BCUT2D eigenvalue weighted by Gasteiger charge is -2.53. The zero-order chi connectivity index (χ0) is 21.0. The molecule has 4 rings (SSSR count). The highest BCUT2D eigenvalue weighted by Gasteiger charge is 2.56. The lowest BCUT2D eigenvalue weighted by atomic mass is 9.51. The normalized spacial score (nSPS) is 42.4. The molecule has 0 spiro atoms. The van der Waals surface area contributed by atoms with E-state index in [-0.39, 0.29) is 11.5 Å². The monoisotopic (exact) mass is 398 g/mol. The first-order chi connectivity index (χ1) is 13.5. The second-order valence-corrected chi connectivity index (χ2v) is 11.8. The van der Waals surface area contributed by atoms with Gasteiger partial charge in [-0.2, -0.15) is 0 Å². The Balaban J connectivity index is 1.52. The molecule has 0 aliphatic heterocycles. The molecular formula is C27H42O2. The fourth-order valence-electron chi connectivity index (χ4n) is 7.62. The molecule has 2 heteroatoms. The first kappa shape index (κ1) is 21.4. The highest BCUT2D eigenvalue weighted by atomic mass is 16.3. The van der Waals surface area contributed by atoms with Gasteiger partial charge >= 0.3 is 0 Å². The van der Waals surface area contributed by atoms with Gasteiger partial charge in [-0.25, -0.2) is 0 Å². The fraction of sp³-hybridized carbons (Fsp3) is 0.778. The van der Waals surface area contributed by atoms with Gasteiger partial charge in [0, 0.05) is 5.41 Å². The molecule has 0 aromatic heterocycles. The number of aliphatic hydroxyl groups excluding tert-OH is 1. The van der Waals surface area contributed by atoms with Crippen molar-refractivity contribution >= 4 is 0 Å². The summed E-state index contributed by atoms with van der Waals surface area (Å²) >= 11 is 0. The average Bonchev–Trinajstić information content (AvgIpc) is 2.98. The smallest absolute Gasteiger partial charge is 0.0758 e. The fourth-order valence-corrected chi connectivity index (χ4v) is 7.62. The molecule has 0 amide bonds. The molecule has 4 aliphatic rings. The van der Waals surface area contributed by atoms with Gasteiger partial charge in [0.05, 0.1) is 11.7 Å². The summed E-state index contributed by atoms with van der Waals surface area (Å²) in [5, 5.41) is 20.2. The molecule has 162 valence electrons. The maximum absolute atomic E-state index is 10.1. The van der Waals surface area contributed by atoms with Gasteiger partial charge in [0.2, 0.25) is 0 Å². The van der Waals surface area contributed by atoms with Crippen LogP contribution >= 0.6 is 0 Å². The van der Waals surface area contributed by atoms with Crippen LogP contribution in [0.15, 0.2) is 35.5 Å². The number of hydrogen-bond donors (Lipinski definition) is 2. The molecule has 0 saturated heterocycles. The maximum Gasteiger partial charge on any atom is 0.0758 e. The Kier molecular flexibility index (Phi) is 5.44. The molecule has 0 heterocycles. The van der Waals surface area contributed by atoms with E-state index in [9.17, 15) is 10.2 Å². The zero-order valence-electron chi connectivity index (χ0n) is 19.2. The van der Waals surface area contributed by atoms with Gasteiger partial charge in [-0.15, -0.1) is 0 Å². The summed E-state index contributed by atoms with van der Waals surface area (Å²) in [4.78, 5) is 0. The van der Waals surface area contributed by atoms with Crippen molar-refractivity contribution in [2.24, 2.45) is 34.5 Å². The van der Waals surface area contributed by atoms with Crippen molar-refractivity contribution in [2.45, 2.75) is 97.7 Å². The van der Waals surface area contributed by atoms with E-state index in [0.29, 0.717) is 11.3 Å². The maximum atomic E-state index is 10.1. The summed E-state index contributed by atoms with van der Waals surface area (Å²) < 4.78 is 0. The summed E-state index contributed by atoms with van der Waals surface area (Å²) in [5.41, 5.74) is 3.14. The van der Waals surface area contributed by atoms with Crippen molar-refractivity contribution in [1.29, 1.82) is 0 Å². The minimum atomic E-state index is -0.534. The van der Waals surface area contributed by atoms with Crippen LogP contribution in [0.2, 0.25) is 0 Å². The van der Waals surface area contributed by atoms with Crippen molar-refractivity contribution < 1.29 is 10.2 Å². The molecule has 4 aliphatic carbocycles. The van der Waals surface area contributed by atoms with E-state index < -0.39 is 5.60 Å². The molecule has 2 saturated carbocycles. The SMILES string of the molecule is C[C@H](CCCC(C)(C)O)[C@H]1CC[C@@H]2C3=CC=C4C[C@H](O)C=C[C@]4(C)[C@H]3CC[C@@]21C. The van der Waals surface area contributed by atoms with Crippen LogP contribution in [0, 0.1) is 34.5 Å². The highest BCUT2D eigenvalue weighted by molar-refractivity contribution is 5.42. The van der Waals surface area contributed by atoms with Crippen LogP contribution in [0.4, 0.5) is 0 Å². The Hall–Kier alpha value is -0.860. The van der Waals surface area contributed by atoms with E-state index in [1.807, 2.05) is 19.9 Å². The van der Waals surface area contributed by atoms with Crippen LogP contribution in [0.5, 0.6) is 0 Å². The van der Waals surface area contributed by atoms with Gasteiger partial charge in [0.1, 0.15) is 0 Å². The predicted molar refractivity (Wildman–Crippen MR) is 120 cm³/mol. The van der Waals surface area contributed by atoms with Crippen LogP contribution in [0.1, 0.15) is 86.0 Å². The second kappa shape index (κ2) is 7.38. The van der Waals surface area contributed by atoms with Crippen molar-refractivity contribution in [1.82, 2.24) is 0 Å². The average molecular weight is 399 g/mol. The lowest BCUT2D eigenvalue weighted by molar-refractivity contribution is 0.0494. The molecule has 0 aromatic rings. The summed E-state index contributed by atoms with van der Waals surface area (Å²) in [6.07, 6.45) is 18.2. The van der Waals surface area contributed by atoms with Crippen LogP contribution in [-0.4, -0.2) is 21.9 Å². The minimum absolute atomic E-state index is 0.112. The third-order valence-electron chi connectivity index (χ3n) is 9.31. The van der Waals surface area contributed by atoms with Crippen molar-refractivity contribution in [3.63, 3.8) is 0 Å². The van der Waals surface area contributed by atoms with Gasteiger partial charge in [0.25, 0.3) is 0 Å². The highest BCUT2D eigenvalue weighted by Crippen LogP contribution is 2.65. The van der Waals surface area contributed by atoms with E-state index in [4.69, 9.17) is 0 Å². The first-order valence-corrected chi connectivity index (χ1v) is 12.1.